The topological polar surface area (TPSA) is 32.3 Å². The van der Waals surface area contributed by atoms with Crippen molar-refractivity contribution in [3.8, 4) is 0 Å². The molecule has 98 valence electrons. The van der Waals surface area contributed by atoms with E-state index in [1.54, 1.807) is 0 Å². The minimum Gasteiger partial charge on any atom is -0.323 e. The Hall–Kier alpha value is -0.570. The number of rotatable bonds is 4. The minimum atomic E-state index is 0.0656. The Morgan fingerprint density at radius 2 is 2.06 bits per heavy atom. The maximum absolute atomic E-state index is 12.4. The largest absolute Gasteiger partial charge is 0.323 e. The Bertz CT molecular complexity index is 284. The van der Waals surface area contributed by atoms with Crippen LogP contribution in [-0.2, 0) is 4.79 Å². The third kappa shape index (κ3) is 2.49. The van der Waals surface area contributed by atoms with Gasteiger partial charge in [-0.2, -0.15) is 0 Å². The van der Waals surface area contributed by atoms with Crippen molar-refractivity contribution in [2.45, 2.75) is 71.6 Å². The van der Waals surface area contributed by atoms with Gasteiger partial charge in [-0.15, -0.1) is 0 Å². The monoisotopic (exact) mass is 238 g/mol. The summed E-state index contributed by atoms with van der Waals surface area (Å²) >= 11 is 0. The van der Waals surface area contributed by atoms with Crippen molar-refractivity contribution in [1.29, 1.82) is 0 Å². The predicted molar refractivity (Wildman–Crippen MR) is 69.5 cm³/mol. The van der Waals surface area contributed by atoms with Crippen molar-refractivity contribution in [2.75, 3.05) is 0 Å². The Morgan fingerprint density at radius 1 is 1.41 bits per heavy atom. The smallest absolute Gasteiger partial charge is 0.241 e. The highest BCUT2D eigenvalue weighted by Gasteiger charge is 2.44. The lowest BCUT2D eigenvalue weighted by Gasteiger charge is -2.42. The van der Waals surface area contributed by atoms with E-state index in [2.05, 4.69) is 37.9 Å². The van der Waals surface area contributed by atoms with E-state index < -0.39 is 0 Å². The fourth-order valence-corrected chi connectivity index (χ4v) is 3.19. The fraction of sp³-hybridized carbons (Fsp3) is 0.929. The molecule has 0 bridgehead atoms. The van der Waals surface area contributed by atoms with Crippen LogP contribution >= 0.6 is 0 Å². The van der Waals surface area contributed by atoms with Gasteiger partial charge in [-0.1, -0.05) is 27.7 Å². The average Bonchev–Trinajstić information content (AvgIpc) is 2.51. The van der Waals surface area contributed by atoms with Crippen LogP contribution in [0.1, 0.15) is 53.4 Å². The molecular weight excluding hydrogens is 212 g/mol. The highest BCUT2D eigenvalue weighted by Crippen LogP contribution is 2.35. The quantitative estimate of drug-likeness (QED) is 0.815. The second-order valence-electron chi connectivity index (χ2n) is 6.25. The number of nitrogens with zero attached hydrogens (tertiary/aromatic N) is 1. The van der Waals surface area contributed by atoms with Crippen LogP contribution in [0.25, 0.3) is 0 Å². The predicted octanol–water partition coefficient (Wildman–Crippen LogP) is 2.37. The minimum absolute atomic E-state index is 0.0656. The van der Waals surface area contributed by atoms with Crippen LogP contribution < -0.4 is 5.32 Å². The maximum atomic E-state index is 12.4. The molecule has 0 aromatic heterocycles. The molecule has 0 radical (unpaired) electrons. The van der Waals surface area contributed by atoms with Crippen molar-refractivity contribution in [3.05, 3.63) is 0 Å². The Labute approximate surface area is 105 Å². The third-order valence-electron chi connectivity index (χ3n) is 4.12. The molecule has 2 aliphatic rings. The first-order valence-electron chi connectivity index (χ1n) is 7.11. The van der Waals surface area contributed by atoms with Crippen LogP contribution in [0.2, 0.25) is 0 Å². The van der Waals surface area contributed by atoms with Gasteiger partial charge in [-0.3, -0.25) is 10.1 Å². The zero-order chi connectivity index (χ0) is 12.6. The zero-order valence-electron chi connectivity index (χ0n) is 11.6. The fourth-order valence-electron chi connectivity index (χ4n) is 3.19. The van der Waals surface area contributed by atoms with Crippen LogP contribution in [0.3, 0.4) is 0 Å². The van der Waals surface area contributed by atoms with Crippen LogP contribution in [0.4, 0.5) is 0 Å². The molecule has 1 heterocycles. The molecule has 1 saturated carbocycles. The molecule has 1 amide bonds. The average molecular weight is 238 g/mol. The summed E-state index contributed by atoms with van der Waals surface area (Å²) in [6.07, 6.45) is 4.65. The summed E-state index contributed by atoms with van der Waals surface area (Å²) in [5.74, 6) is 1.73. The summed E-state index contributed by atoms with van der Waals surface area (Å²) < 4.78 is 0. The van der Waals surface area contributed by atoms with Gasteiger partial charge in [0.1, 0.15) is 0 Å². The lowest BCUT2D eigenvalue weighted by Crippen LogP contribution is -2.50. The van der Waals surface area contributed by atoms with Gasteiger partial charge in [0.05, 0.1) is 12.2 Å². The van der Waals surface area contributed by atoms with E-state index >= 15 is 0 Å². The van der Waals surface area contributed by atoms with E-state index in [9.17, 15) is 4.79 Å². The Kier molecular flexibility index (Phi) is 3.76. The Morgan fingerprint density at radius 3 is 2.53 bits per heavy atom. The van der Waals surface area contributed by atoms with Gasteiger partial charge in [0, 0.05) is 6.04 Å². The second kappa shape index (κ2) is 4.97. The maximum Gasteiger partial charge on any atom is 0.241 e. The van der Waals surface area contributed by atoms with E-state index in [0.29, 0.717) is 17.9 Å². The SMILES string of the molecule is CCC1NC(CC(C)C)C(=O)N1C1CC(C)C1. The molecule has 0 aromatic rings. The van der Waals surface area contributed by atoms with Gasteiger partial charge >= 0.3 is 0 Å². The standard InChI is InChI=1S/C14H26N2O/c1-5-13-15-12(6-9(2)3)14(17)16(13)11-7-10(4)8-11/h9-13,15H,5-8H2,1-4H3. The molecule has 2 unspecified atom stereocenters. The normalized spacial score (nSPS) is 37.7. The van der Waals surface area contributed by atoms with E-state index in [1.165, 1.54) is 12.8 Å². The summed E-state index contributed by atoms with van der Waals surface area (Å²) in [4.78, 5) is 14.6. The molecule has 1 saturated heterocycles. The van der Waals surface area contributed by atoms with E-state index in [-0.39, 0.29) is 12.2 Å². The molecular formula is C14H26N2O. The van der Waals surface area contributed by atoms with Gasteiger partial charge in [-0.05, 0) is 37.5 Å². The lowest BCUT2D eigenvalue weighted by molar-refractivity contribution is -0.135. The number of carbonyl (C=O) groups excluding carboxylic acids is 1. The lowest BCUT2D eigenvalue weighted by atomic mass is 9.80. The highest BCUT2D eigenvalue weighted by molar-refractivity contribution is 5.84. The number of hydrogen-bond donors (Lipinski definition) is 1. The summed E-state index contributed by atoms with van der Waals surface area (Å²) in [7, 11) is 0. The molecule has 2 fully saturated rings. The third-order valence-corrected chi connectivity index (χ3v) is 4.12. The van der Waals surface area contributed by atoms with Crippen LogP contribution in [0.5, 0.6) is 0 Å². The molecule has 1 N–H and O–H groups in total. The first kappa shape index (κ1) is 12.9. The summed E-state index contributed by atoms with van der Waals surface area (Å²) in [6, 6.07) is 0.572. The van der Waals surface area contributed by atoms with Crippen LogP contribution in [-0.4, -0.2) is 29.1 Å². The number of hydrogen-bond acceptors (Lipinski definition) is 2. The van der Waals surface area contributed by atoms with Crippen molar-refractivity contribution in [2.24, 2.45) is 11.8 Å². The van der Waals surface area contributed by atoms with Crippen molar-refractivity contribution in [1.82, 2.24) is 10.2 Å². The van der Waals surface area contributed by atoms with Gasteiger partial charge < -0.3 is 4.90 Å². The molecule has 2 atom stereocenters. The van der Waals surface area contributed by atoms with Gasteiger partial charge in [-0.25, -0.2) is 0 Å². The van der Waals surface area contributed by atoms with Crippen LogP contribution in [0, 0.1) is 11.8 Å². The number of carbonyl (C=O) groups is 1. The van der Waals surface area contributed by atoms with Crippen molar-refractivity contribution < 1.29 is 4.79 Å². The van der Waals surface area contributed by atoms with Crippen molar-refractivity contribution >= 4 is 5.91 Å². The summed E-state index contributed by atoms with van der Waals surface area (Å²) in [5, 5.41) is 3.51. The molecule has 0 spiro atoms. The summed E-state index contributed by atoms with van der Waals surface area (Å²) in [5.41, 5.74) is 0. The molecule has 2 rings (SSSR count). The molecule has 3 nitrogen and oxygen atoms in total. The first-order valence-corrected chi connectivity index (χ1v) is 7.11. The zero-order valence-corrected chi connectivity index (χ0v) is 11.6. The van der Waals surface area contributed by atoms with Crippen LogP contribution in [0.15, 0.2) is 0 Å². The number of amides is 1. The van der Waals surface area contributed by atoms with E-state index in [4.69, 9.17) is 0 Å². The molecule has 17 heavy (non-hydrogen) atoms. The van der Waals surface area contributed by atoms with Gasteiger partial charge in [0.2, 0.25) is 5.91 Å². The van der Waals surface area contributed by atoms with E-state index in [1.807, 2.05) is 0 Å². The van der Waals surface area contributed by atoms with Gasteiger partial charge in [0.25, 0.3) is 0 Å². The highest BCUT2D eigenvalue weighted by atomic mass is 16.2. The second-order valence-corrected chi connectivity index (χ2v) is 6.25. The first-order chi connectivity index (χ1) is 8.02. The molecule has 1 aliphatic carbocycles. The van der Waals surface area contributed by atoms with Gasteiger partial charge in [0.15, 0.2) is 0 Å². The molecule has 0 aromatic carbocycles. The summed E-state index contributed by atoms with van der Waals surface area (Å²) in [6.45, 7) is 8.81. The van der Waals surface area contributed by atoms with E-state index in [0.717, 1.165) is 18.8 Å². The molecule has 3 heteroatoms. The number of nitrogens with one attached hydrogen (secondary N) is 1. The molecule has 1 aliphatic heterocycles. The van der Waals surface area contributed by atoms with Crippen molar-refractivity contribution in [3.63, 3.8) is 0 Å². The Balaban J connectivity index is 2.01.